The van der Waals surface area contributed by atoms with Gasteiger partial charge in [-0.3, -0.25) is 5.01 Å². The van der Waals surface area contributed by atoms with Crippen LogP contribution in [0, 0.1) is 31.1 Å². The maximum absolute atomic E-state index is 11.9. The van der Waals surface area contributed by atoms with Crippen molar-refractivity contribution in [3.63, 3.8) is 0 Å². The molecule has 1 aliphatic heterocycles. The number of sulfone groups is 1. The van der Waals surface area contributed by atoms with Gasteiger partial charge in [0.2, 0.25) is 0 Å². The van der Waals surface area contributed by atoms with Crippen LogP contribution < -0.4 is 4.74 Å². The first-order chi connectivity index (χ1) is 12.9. The SMILES string of the molecule is Cc1cc(OC2C(C3CC3)=NN(CS(C)(=O)=O)C2C(C)(C)O)cc(C)c1C#N. The first-order valence-electron chi connectivity index (χ1n) is 9.34. The fourth-order valence-electron chi connectivity index (χ4n) is 3.80. The van der Waals surface area contributed by atoms with Gasteiger partial charge in [0, 0.05) is 12.2 Å². The average Bonchev–Trinajstić information content (AvgIpc) is 3.28. The molecule has 1 aromatic rings. The number of benzene rings is 1. The number of hydrazone groups is 1. The summed E-state index contributed by atoms with van der Waals surface area (Å²) in [7, 11) is -3.33. The molecule has 1 fully saturated rings. The van der Waals surface area contributed by atoms with Crippen molar-refractivity contribution in [2.24, 2.45) is 11.0 Å². The Morgan fingerprint density at radius 2 is 1.89 bits per heavy atom. The van der Waals surface area contributed by atoms with Crippen molar-refractivity contribution in [3.8, 4) is 11.8 Å². The van der Waals surface area contributed by atoms with E-state index in [2.05, 4.69) is 11.2 Å². The van der Waals surface area contributed by atoms with E-state index in [9.17, 15) is 18.8 Å². The predicted molar refractivity (Wildman–Crippen MR) is 107 cm³/mol. The minimum atomic E-state index is -3.33. The van der Waals surface area contributed by atoms with E-state index in [4.69, 9.17) is 4.74 Å². The third-order valence-corrected chi connectivity index (χ3v) is 5.84. The van der Waals surface area contributed by atoms with Crippen molar-refractivity contribution in [3.05, 3.63) is 28.8 Å². The van der Waals surface area contributed by atoms with Crippen LogP contribution in [-0.2, 0) is 9.84 Å². The van der Waals surface area contributed by atoms with Crippen molar-refractivity contribution in [2.75, 3.05) is 12.1 Å². The molecule has 1 aromatic carbocycles. The molecule has 0 bridgehead atoms. The second-order valence-corrected chi connectivity index (χ2v) is 10.6. The summed E-state index contributed by atoms with van der Waals surface area (Å²) < 4.78 is 30.1. The lowest BCUT2D eigenvalue weighted by Gasteiger charge is -2.36. The molecule has 152 valence electrons. The highest BCUT2D eigenvalue weighted by molar-refractivity contribution is 7.90. The molecule has 0 radical (unpaired) electrons. The second-order valence-electron chi connectivity index (χ2n) is 8.47. The van der Waals surface area contributed by atoms with E-state index in [0.717, 1.165) is 35.9 Å². The fraction of sp³-hybridized carbons (Fsp3) is 0.600. The van der Waals surface area contributed by atoms with Crippen LogP contribution in [0.15, 0.2) is 17.2 Å². The zero-order valence-corrected chi connectivity index (χ0v) is 17.7. The van der Waals surface area contributed by atoms with Crippen LogP contribution in [0.4, 0.5) is 0 Å². The smallest absolute Gasteiger partial charge is 0.167 e. The highest BCUT2D eigenvalue weighted by atomic mass is 32.2. The maximum atomic E-state index is 11.9. The Bertz CT molecular complexity index is 930. The molecule has 0 aromatic heterocycles. The van der Waals surface area contributed by atoms with Crippen molar-refractivity contribution in [1.29, 1.82) is 5.26 Å². The van der Waals surface area contributed by atoms with E-state index in [1.807, 2.05) is 13.8 Å². The molecule has 1 heterocycles. The topological polar surface area (TPSA) is 103 Å². The Morgan fingerprint density at radius 3 is 2.32 bits per heavy atom. The van der Waals surface area contributed by atoms with E-state index in [1.54, 1.807) is 26.0 Å². The number of aryl methyl sites for hydroxylation is 2. The monoisotopic (exact) mass is 405 g/mol. The molecule has 8 heteroatoms. The van der Waals surface area contributed by atoms with Gasteiger partial charge in [-0.2, -0.15) is 10.4 Å². The minimum absolute atomic E-state index is 0.250. The molecule has 2 atom stereocenters. The van der Waals surface area contributed by atoms with Crippen LogP contribution in [0.25, 0.3) is 0 Å². The molecule has 28 heavy (non-hydrogen) atoms. The quantitative estimate of drug-likeness (QED) is 0.778. The summed E-state index contributed by atoms with van der Waals surface area (Å²) >= 11 is 0. The van der Waals surface area contributed by atoms with Gasteiger partial charge in [-0.15, -0.1) is 0 Å². The van der Waals surface area contributed by atoms with Gasteiger partial charge in [-0.25, -0.2) is 8.42 Å². The fourth-order valence-corrected chi connectivity index (χ4v) is 4.50. The largest absolute Gasteiger partial charge is 0.482 e. The lowest BCUT2D eigenvalue weighted by Crippen LogP contribution is -2.55. The zero-order chi connectivity index (χ0) is 20.9. The standard InChI is InChI=1S/C20H27N3O4S/c1-12-8-15(9-13(2)16(12)10-21)27-18-17(14-6-7-14)22-23(11-28(5,25)26)19(18)20(3,4)24/h8-9,14,18-19,24H,6-7,11H2,1-5H3. The Kier molecular flexibility index (Phi) is 5.19. The lowest BCUT2D eigenvalue weighted by atomic mass is 9.90. The van der Waals surface area contributed by atoms with Crippen LogP contribution in [0.5, 0.6) is 5.75 Å². The minimum Gasteiger partial charge on any atom is -0.482 e. The van der Waals surface area contributed by atoms with Crippen molar-refractivity contribution in [2.45, 2.75) is 58.3 Å². The summed E-state index contributed by atoms with van der Waals surface area (Å²) in [5, 5.41) is 26.1. The molecule has 0 saturated heterocycles. The highest BCUT2D eigenvalue weighted by Crippen LogP contribution is 2.40. The average molecular weight is 406 g/mol. The summed E-state index contributed by atoms with van der Waals surface area (Å²) in [5.41, 5.74) is 1.80. The summed E-state index contributed by atoms with van der Waals surface area (Å²) in [6.07, 6.45) is 2.56. The third-order valence-electron chi connectivity index (χ3n) is 5.11. The van der Waals surface area contributed by atoms with Gasteiger partial charge < -0.3 is 9.84 Å². The molecule has 3 rings (SSSR count). The molecule has 0 amide bonds. The van der Waals surface area contributed by atoms with Crippen molar-refractivity contribution < 1.29 is 18.3 Å². The van der Waals surface area contributed by atoms with Gasteiger partial charge in [0.15, 0.2) is 15.9 Å². The van der Waals surface area contributed by atoms with E-state index in [-0.39, 0.29) is 11.8 Å². The Morgan fingerprint density at radius 1 is 1.32 bits per heavy atom. The number of ether oxygens (including phenoxy) is 1. The van der Waals surface area contributed by atoms with E-state index in [1.165, 1.54) is 5.01 Å². The Hall–Kier alpha value is -2.11. The number of aliphatic hydroxyl groups is 1. The highest BCUT2D eigenvalue weighted by Gasteiger charge is 2.51. The molecule has 7 nitrogen and oxygen atoms in total. The maximum Gasteiger partial charge on any atom is 0.167 e. The van der Waals surface area contributed by atoms with Gasteiger partial charge in [0.25, 0.3) is 0 Å². The first-order valence-corrected chi connectivity index (χ1v) is 11.4. The van der Waals surface area contributed by atoms with Gasteiger partial charge >= 0.3 is 0 Å². The van der Waals surface area contributed by atoms with Gasteiger partial charge in [0.05, 0.1) is 22.9 Å². The number of hydrogen-bond acceptors (Lipinski definition) is 7. The molecule has 0 spiro atoms. The molecule has 1 N–H and O–H groups in total. The predicted octanol–water partition coefficient (Wildman–Crippen LogP) is 2.15. The van der Waals surface area contributed by atoms with Gasteiger partial charge in [0.1, 0.15) is 17.7 Å². The molecule has 2 unspecified atom stereocenters. The van der Waals surface area contributed by atoms with E-state index in [0.29, 0.717) is 11.3 Å². The molecule has 2 aliphatic rings. The molecule has 1 aliphatic carbocycles. The second kappa shape index (κ2) is 7.05. The number of hydrogen-bond donors (Lipinski definition) is 1. The normalized spacial score (nSPS) is 22.8. The molecular formula is C20H27N3O4S. The first kappa shape index (κ1) is 20.6. The van der Waals surface area contributed by atoms with Gasteiger partial charge in [-0.05, 0) is 63.8 Å². The van der Waals surface area contributed by atoms with Gasteiger partial charge in [-0.1, -0.05) is 0 Å². The van der Waals surface area contributed by atoms with E-state index < -0.39 is 27.6 Å². The summed E-state index contributed by atoms with van der Waals surface area (Å²) in [4.78, 5) is 0. The van der Waals surface area contributed by atoms with Crippen LogP contribution in [0.2, 0.25) is 0 Å². The number of nitriles is 1. The van der Waals surface area contributed by atoms with Crippen LogP contribution >= 0.6 is 0 Å². The number of nitrogens with zero attached hydrogens (tertiary/aromatic N) is 3. The Labute approximate surface area is 166 Å². The third kappa shape index (κ3) is 4.31. The lowest BCUT2D eigenvalue weighted by molar-refractivity contribution is -0.0343. The van der Waals surface area contributed by atoms with E-state index >= 15 is 0 Å². The van der Waals surface area contributed by atoms with Crippen LogP contribution in [0.1, 0.15) is 43.4 Å². The van der Waals surface area contributed by atoms with Crippen molar-refractivity contribution >= 4 is 15.5 Å². The number of rotatable bonds is 6. The summed E-state index contributed by atoms with van der Waals surface area (Å²) in [6.45, 7) is 6.99. The van der Waals surface area contributed by atoms with Crippen molar-refractivity contribution in [1.82, 2.24) is 5.01 Å². The zero-order valence-electron chi connectivity index (χ0n) is 16.9. The van der Waals surface area contributed by atoms with Crippen LogP contribution in [0.3, 0.4) is 0 Å². The molecule has 1 saturated carbocycles. The molecular weight excluding hydrogens is 378 g/mol. The van der Waals surface area contributed by atoms with Crippen LogP contribution in [-0.4, -0.2) is 54.1 Å². The summed E-state index contributed by atoms with van der Waals surface area (Å²) in [5.74, 6) is 0.561. The summed E-state index contributed by atoms with van der Waals surface area (Å²) in [6, 6.07) is 5.17. The Balaban J connectivity index is 1.99.